The third-order valence-corrected chi connectivity index (χ3v) is 4.53. The van der Waals surface area contributed by atoms with Crippen LogP contribution in [0.15, 0.2) is 0 Å². The van der Waals surface area contributed by atoms with Crippen LogP contribution in [0.3, 0.4) is 0 Å². The minimum absolute atomic E-state index is 0.0758. The van der Waals surface area contributed by atoms with Gasteiger partial charge in [-0.25, -0.2) is 0 Å². The third kappa shape index (κ3) is 3.64. The number of rotatable bonds is 0. The van der Waals surface area contributed by atoms with Crippen molar-refractivity contribution in [3.8, 4) is 0 Å². The van der Waals surface area contributed by atoms with Crippen molar-refractivity contribution in [3.05, 3.63) is 22.5 Å². The van der Waals surface area contributed by atoms with Crippen LogP contribution in [0.25, 0.3) is 0 Å². The van der Waals surface area contributed by atoms with Gasteiger partial charge in [-0.1, -0.05) is 61.3 Å². The topological polar surface area (TPSA) is 25.8 Å². The Balaban J connectivity index is 2.66. The number of nitrogens with zero attached hydrogens (tertiary/aromatic N) is 2. The molecule has 2 rings (SSSR count). The van der Waals surface area contributed by atoms with Crippen LogP contribution in [-0.4, -0.2) is 10.2 Å². The van der Waals surface area contributed by atoms with Gasteiger partial charge in [0.05, 0.1) is 11.4 Å². The molecule has 0 saturated heterocycles. The zero-order chi connectivity index (χ0) is 15.8. The van der Waals surface area contributed by atoms with E-state index in [9.17, 15) is 0 Å². The van der Waals surface area contributed by atoms with Crippen molar-refractivity contribution in [1.29, 1.82) is 0 Å². The van der Waals surface area contributed by atoms with Crippen molar-refractivity contribution in [2.75, 3.05) is 0 Å². The van der Waals surface area contributed by atoms with Gasteiger partial charge in [-0.05, 0) is 36.3 Å². The molecule has 1 unspecified atom stereocenters. The fraction of sp³-hybridized carbons (Fsp3) is 0.789. The SMILES string of the molecule is CC1CCCCc2c(C(C)(C)C)nnc(C(C)(C)C)c2C1. The van der Waals surface area contributed by atoms with Crippen LogP contribution < -0.4 is 0 Å². The lowest BCUT2D eigenvalue weighted by molar-refractivity contribution is 0.450. The highest BCUT2D eigenvalue weighted by atomic mass is 15.1. The van der Waals surface area contributed by atoms with Crippen LogP contribution in [0.5, 0.6) is 0 Å². The molecular formula is C19H32N2. The monoisotopic (exact) mass is 288 g/mol. The van der Waals surface area contributed by atoms with Crippen LogP contribution >= 0.6 is 0 Å². The first-order valence-electron chi connectivity index (χ1n) is 8.50. The Hall–Kier alpha value is -0.920. The lowest BCUT2D eigenvalue weighted by Crippen LogP contribution is -2.27. The molecule has 1 aliphatic carbocycles. The third-order valence-electron chi connectivity index (χ3n) is 4.53. The van der Waals surface area contributed by atoms with Crippen LogP contribution in [0, 0.1) is 5.92 Å². The second-order valence-corrected chi connectivity index (χ2v) is 8.91. The summed E-state index contributed by atoms with van der Waals surface area (Å²) in [6.45, 7) is 16.0. The van der Waals surface area contributed by atoms with Gasteiger partial charge in [0.15, 0.2) is 0 Å². The molecule has 0 spiro atoms. The molecule has 1 aromatic heterocycles. The highest BCUT2D eigenvalue weighted by molar-refractivity contribution is 5.39. The van der Waals surface area contributed by atoms with E-state index in [-0.39, 0.29) is 10.8 Å². The largest absolute Gasteiger partial charge is 0.155 e. The Morgan fingerprint density at radius 1 is 0.810 bits per heavy atom. The van der Waals surface area contributed by atoms with E-state index >= 15 is 0 Å². The second kappa shape index (κ2) is 5.70. The van der Waals surface area contributed by atoms with Crippen molar-refractivity contribution >= 4 is 0 Å². The summed E-state index contributed by atoms with van der Waals surface area (Å²) < 4.78 is 0. The lowest BCUT2D eigenvalue weighted by Gasteiger charge is -2.30. The van der Waals surface area contributed by atoms with Gasteiger partial charge < -0.3 is 0 Å². The highest BCUT2D eigenvalue weighted by Gasteiger charge is 2.30. The standard InChI is InChI=1S/C19H32N2/c1-13-10-8-9-11-14-15(12-13)17(19(5,6)7)21-20-16(14)18(2,3)4/h13H,8-12H2,1-7H3. The number of hydrogen-bond acceptors (Lipinski definition) is 2. The normalized spacial score (nSPS) is 20.6. The summed E-state index contributed by atoms with van der Waals surface area (Å²) in [4.78, 5) is 0. The molecule has 2 nitrogen and oxygen atoms in total. The Bertz CT molecular complexity index is 504. The highest BCUT2D eigenvalue weighted by Crippen LogP contribution is 2.35. The molecule has 0 fully saturated rings. The molecule has 0 bridgehead atoms. The van der Waals surface area contributed by atoms with Gasteiger partial charge in [0.1, 0.15) is 0 Å². The molecule has 2 heteroatoms. The first-order valence-corrected chi connectivity index (χ1v) is 8.50. The minimum atomic E-state index is 0.0758. The van der Waals surface area contributed by atoms with Crippen LogP contribution in [0.4, 0.5) is 0 Å². The average molecular weight is 288 g/mol. The average Bonchev–Trinajstić information content (AvgIpc) is 2.29. The van der Waals surface area contributed by atoms with Crippen molar-refractivity contribution in [3.63, 3.8) is 0 Å². The van der Waals surface area contributed by atoms with E-state index in [1.165, 1.54) is 54.6 Å². The molecule has 0 amide bonds. The Morgan fingerprint density at radius 3 is 1.86 bits per heavy atom. The molecule has 1 aromatic rings. The van der Waals surface area contributed by atoms with Gasteiger partial charge in [-0.2, -0.15) is 10.2 Å². The summed E-state index contributed by atoms with van der Waals surface area (Å²) in [6, 6.07) is 0. The van der Waals surface area contributed by atoms with E-state index < -0.39 is 0 Å². The fourth-order valence-electron chi connectivity index (χ4n) is 3.45. The van der Waals surface area contributed by atoms with Crippen molar-refractivity contribution in [1.82, 2.24) is 10.2 Å². The summed E-state index contributed by atoms with van der Waals surface area (Å²) in [6.07, 6.45) is 6.32. The van der Waals surface area contributed by atoms with Crippen molar-refractivity contribution in [2.45, 2.75) is 91.4 Å². The molecule has 1 atom stereocenters. The van der Waals surface area contributed by atoms with Crippen molar-refractivity contribution in [2.24, 2.45) is 5.92 Å². The van der Waals surface area contributed by atoms with Gasteiger partial charge in [0.25, 0.3) is 0 Å². The lowest BCUT2D eigenvalue weighted by atomic mass is 9.77. The predicted molar refractivity (Wildman–Crippen MR) is 89.9 cm³/mol. The molecule has 118 valence electrons. The van der Waals surface area contributed by atoms with Gasteiger partial charge in [-0.3, -0.25) is 0 Å². The quantitative estimate of drug-likeness (QED) is 0.673. The zero-order valence-electron chi connectivity index (χ0n) is 15.0. The molecule has 0 N–H and O–H groups in total. The molecule has 0 aliphatic heterocycles. The fourth-order valence-corrected chi connectivity index (χ4v) is 3.45. The zero-order valence-corrected chi connectivity index (χ0v) is 15.0. The van der Waals surface area contributed by atoms with Gasteiger partial charge >= 0.3 is 0 Å². The Kier molecular flexibility index (Phi) is 4.46. The van der Waals surface area contributed by atoms with Gasteiger partial charge in [-0.15, -0.1) is 0 Å². The summed E-state index contributed by atoms with van der Waals surface area (Å²) in [5.41, 5.74) is 5.62. The molecular weight excluding hydrogens is 256 g/mol. The van der Waals surface area contributed by atoms with E-state index in [1.807, 2.05) is 0 Å². The van der Waals surface area contributed by atoms with Crippen molar-refractivity contribution < 1.29 is 0 Å². The molecule has 1 aliphatic rings. The number of fused-ring (bicyclic) bond motifs is 1. The Labute approximate surface area is 130 Å². The smallest absolute Gasteiger partial charge is 0.0719 e. The van der Waals surface area contributed by atoms with Gasteiger partial charge in [0, 0.05) is 10.8 Å². The maximum atomic E-state index is 4.69. The minimum Gasteiger partial charge on any atom is -0.155 e. The van der Waals surface area contributed by atoms with Crippen LogP contribution in [0.1, 0.15) is 90.2 Å². The van der Waals surface area contributed by atoms with Gasteiger partial charge in [0.2, 0.25) is 0 Å². The van der Waals surface area contributed by atoms with E-state index in [1.54, 1.807) is 0 Å². The van der Waals surface area contributed by atoms with Crippen LogP contribution in [-0.2, 0) is 23.7 Å². The maximum absolute atomic E-state index is 4.69. The molecule has 1 heterocycles. The van der Waals surface area contributed by atoms with Crippen LogP contribution in [0.2, 0.25) is 0 Å². The summed E-state index contributed by atoms with van der Waals surface area (Å²) in [7, 11) is 0. The molecule has 0 saturated carbocycles. The summed E-state index contributed by atoms with van der Waals surface area (Å²) in [5, 5.41) is 9.36. The van der Waals surface area contributed by atoms with E-state index in [0.29, 0.717) is 0 Å². The summed E-state index contributed by atoms with van der Waals surface area (Å²) >= 11 is 0. The molecule has 0 aromatic carbocycles. The predicted octanol–water partition coefficient (Wildman–Crippen LogP) is 4.98. The molecule has 0 radical (unpaired) electrons. The van der Waals surface area contributed by atoms with E-state index in [4.69, 9.17) is 0 Å². The number of hydrogen-bond donors (Lipinski definition) is 0. The maximum Gasteiger partial charge on any atom is 0.0719 e. The van der Waals surface area contributed by atoms with E-state index in [0.717, 1.165) is 5.92 Å². The first kappa shape index (κ1) is 16.5. The number of aromatic nitrogens is 2. The Morgan fingerprint density at radius 2 is 1.33 bits per heavy atom. The van der Waals surface area contributed by atoms with E-state index in [2.05, 4.69) is 58.7 Å². The first-order chi connectivity index (χ1) is 9.60. The second-order valence-electron chi connectivity index (χ2n) is 8.91. The molecule has 21 heavy (non-hydrogen) atoms. The summed E-state index contributed by atoms with van der Waals surface area (Å²) in [5.74, 6) is 0.752.